The third-order valence-electron chi connectivity index (χ3n) is 2.90. The second-order valence-corrected chi connectivity index (χ2v) is 5.23. The highest BCUT2D eigenvalue weighted by atomic mass is 32.2. The molecule has 2 rings (SSSR count). The summed E-state index contributed by atoms with van der Waals surface area (Å²) in [5.74, 6) is 2.53. The van der Waals surface area contributed by atoms with E-state index in [9.17, 15) is 0 Å². The molecule has 0 amide bonds. The quantitative estimate of drug-likeness (QED) is 0.756. The van der Waals surface area contributed by atoms with Crippen LogP contribution < -0.4 is 11.1 Å². The van der Waals surface area contributed by atoms with E-state index in [2.05, 4.69) is 18.3 Å². The van der Waals surface area contributed by atoms with Gasteiger partial charge in [-0.25, -0.2) is 0 Å². The average Bonchev–Trinajstić information content (AvgIpc) is 2.26. The third kappa shape index (κ3) is 2.59. The first-order valence-electron chi connectivity index (χ1n) is 5.47. The molecule has 1 aromatic carbocycles. The minimum atomic E-state index is 0.615. The molecular weight excluding hydrogens is 204 g/mol. The van der Waals surface area contributed by atoms with Crippen LogP contribution in [0.4, 0.5) is 11.4 Å². The van der Waals surface area contributed by atoms with Crippen LogP contribution >= 0.6 is 11.8 Å². The highest BCUT2D eigenvalue weighted by Crippen LogP contribution is 2.25. The molecule has 0 aliphatic carbocycles. The van der Waals surface area contributed by atoms with E-state index >= 15 is 0 Å². The van der Waals surface area contributed by atoms with Crippen LogP contribution in [0.5, 0.6) is 0 Å². The fourth-order valence-corrected chi connectivity index (χ4v) is 2.96. The van der Waals surface area contributed by atoms with Crippen molar-refractivity contribution in [2.75, 3.05) is 22.6 Å². The van der Waals surface area contributed by atoms with Crippen LogP contribution in [-0.2, 0) is 0 Å². The first-order chi connectivity index (χ1) is 7.27. The lowest BCUT2D eigenvalue weighted by molar-refractivity contribution is 0.685. The smallest absolute Gasteiger partial charge is 0.0393 e. The fraction of sp³-hybridized carbons (Fsp3) is 0.500. The van der Waals surface area contributed by atoms with Gasteiger partial charge >= 0.3 is 0 Å². The van der Waals surface area contributed by atoms with Gasteiger partial charge in [0.1, 0.15) is 0 Å². The number of thioether (sulfide) groups is 1. The van der Waals surface area contributed by atoms with Crippen molar-refractivity contribution < 1.29 is 0 Å². The summed E-state index contributed by atoms with van der Waals surface area (Å²) in [6.07, 6.45) is 2.60. The number of nitrogens with one attached hydrogen (secondary N) is 1. The van der Waals surface area contributed by atoms with Crippen LogP contribution in [-0.4, -0.2) is 17.5 Å². The van der Waals surface area contributed by atoms with Gasteiger partial charge in [0, 0.05) is 23.2 Å². The number of benzene rings is 1. The van der Waals surface area contributed by atoms with Crippen molar-refractivity contribution in [3.05, 3.63) is 23.8 Å². The van der Waals surface area contributed by atoms with E-state index in [4.69, 9.17) is 5.73 Å². The second kappa shape index (κ2) is 4.79. The minimum absolute atomic E-state index is 0.615. The molecule has 0 spiro atoms. The van der Waals surface area contributed by atoms with Crippen molar-refractivity contribution in [1.29, 1.82) is 0 Å². The van der Waals surface area contributed by atoms with Crippen LogP contribution in [0.15, 0.2) is 18.2 Å². The summed E-state index contributed by atoms with van der Waals surface area (Å²) in [4.78, 5) is 0. The van der Waals surface area contributed by atoms with Gasteiger partial charge < -0.3 is 11.1 Å². The van der Waals surface area contributed by atoms with Gasteiger partial charge in [-0.1, -0.05) is 6.07 Å². The zero-order chi connectivity index (χ0) is 10.7. The van der Waals surface area contributed by atoms with Gasteiger partial charge in [0.05, 0.1) is 0 Å². The standard InChI is InChI=1S/C12H18N2S/c1-9-11(13)5-2-6-12(9)14-10-4-3-7-15-8-10/h2,5-6,10,14H,3-4,7-8,13H2,1H3. The van der Waals surface area contributed by atoms with Crippen molar-refractivity contribution >= 4 is 23.1 Å². The van der Waals surface area contributed by atoms with Crippen molar-refractivity contribution in [3.8, 4) is 0 Å². The molecule has 3 N–H and O–H groups in total. The van der Waals surface area contributed by atoms with Crippen molar-refractivity contribution in [2.45, 2.75) is 25.8 Å². The van der Waals surface area contributed by atoms with E-state index in [1.807, 2.05) is 23.9 Å². The van der Waals surface area contributed by atoms with Gasteiger partial charge in [0.2, 0.25) is 0 Å². The third-order valence-corrected chi connectivity index (χ3v) is 4.11. The van der Waals surface area contributed by atoms with Crippen molar-refractivity contribution in [2.24, 2.45) is 0 Å². The maximum absolute atomic E-state index is 5.88. The molecule has 1 atom stereocenters. The zero-order valence-electron chi connectivity index (χ0n) is 9.12. The predicted octanol–water partition coefficient (Wildman–Crippen LogP) is 2.88. The van der Waals surface area contributed by atoms with Crippen LogP contribution in [0.3, 0.4) is 0 Å². The number of nitrogen functional groups attached to an aromatic ring is 1. The summed E-state index contributed by atoms with van der Waals surface area (Å²) < 4.78 is 0. The monoisotopic (exact) mass is 222 g/mol. The van der Waals surface area contributed by atoms with E-state index in [0.717, 1.165) is 5.69 Å². The average molecular weight is 222 g/mol. The molecule has 82 valence electrons. The van der Waals surface area contributed by atoms with Gasteiger partial charge in [-0.2, -0.15) is 11.8 Å². The lowest BCUT2D eigenvalue weighted by atomic mass is 10.1. The SMILES string of the molecule is Cc1c(N)cccc1NC1CCCSC1. The Labute approximate surface area is 95.6 Å². The molecule has 1 heterocycles. The zero-order valence-corrected chi connectivity index (χ0v) is 9.94. The number of hydrogen-bond acceptors (Lipinski definition) is 3. The number of rotatable bonds is 2. The Kier molecular flexibility index (Phi) is 3.41. The highest BCUT2D eigenvalue weighted by Gasteiger charge is 2.14. The summed E-state index contributed by atoms with van der Waals surface area (Å²) in [5.41, 5.74) is 9.13. The van der Waals surface area contributed by atoms with Gasteiger partial charge in [-0.15, -0.1) is 0 Å². The summed E-state index contributed by atoms with van der Waals surface area (Å²) in [5, 5.41) is 3.59. The highest BCUT2D eigenvalue weighted by molar-refractivity contribution is 7.99. The van der Waals surface area contributed by atoms with E-state index in [1.54, 1.807) is 0 Å². The van der Waals surface area contributed by atoms with E-state index in [0.29, 0.717) is 6.04 Å². The van der Waals surface area contributed by atoms with Gasteiger partial charge in [0.15, 0.2) is 0 Å². The van der Waals surface area contributed by atoms with Gasteiger partial charge in [0.25, 0.3) is 0 Å². The Hall–Kier alpha value is -0.830. The molecule has 1 unspecified atom stereocenters. The fourth-order valence-electron chi connectivity index (χ4n) is 1.88. The van der Waals surface area contributed by atoms with Crippen LogP contribution in [0.25, 0.3) is 0 Å². The molecule has 2 nitrogen and oxygen atoms in total. The summed E-state index contributed by atoms with van der Waals surface area (Å²) >= 11 is 2.04. The summed E-state index contributed by atoms with van der Waals surface area (Å²) in [6.45, 7) is 2.08. The Balaban J connectivity index is 2.06. The molecule has 1 aromatic rings. The Morgan fingerprint density at radius 1 is 1.47 bits per heavy atom. The minimum Gasteiger partial charge on any atom is -0.398 e. The Bertz CT molecular complexity index is 332. The van der Waals surface area contributed by atoms with Gasteiger partial charge in [-0.05, 0) is 43.2 Å². The molecule has 1 saturated heterocycles. The Morgan fingerprint density at radius 3 is 3.07 bits per heavy atom. The number of anilines is 2. The maximum atomic E-state index is 5.88. The molecule has 0 bridgehead atoms. The molecule has 0 radical (unpaired) electrons. The van der Waals surface area contributed by atoms with E-state index in [1.165, 1.54) is 35.6 Å². The number of hydrogen-bond donors (Lipinski definition) is 2. The summed E-state index contributed by atoms with van der Waals surface area (Å²) in [6, 6.07) is 6.70. The normalized spacial score (nSPS) is 21.3. The topological polar surface area (TPSA) is 38.0 Å². The van der Waals surface area contributed by atoms with Crippen molar-refractivity contribution in [3.63, 3.8) is 0 Å². The first kappa shape index (κ1) is 10.7. The second-order valence-electron chi connectivity index (χ2n) is 4.08. The van der Waals surface area contributed by atoms with Gasteiger partial charge in [-0.3, -0.25) is 0 Å². The summed E-state index contributed by atoms with van der Waals surface area (Å²) in [7, 11) is 0. The number of nitrogens with two attached hydrogens (primary N) is 1. The van der Waals surface area contributed by atoms with Crippen molar-refractivity contribution in [1.82, 2.24) is 0 Å². The van der Waals surface area contributed by atoms with E-state index in [-0.39, 0.29) is 0 Å². The maximum Gasteiger partial charge on any atom is 0.0393 e. The van der Waals surface area contributed by atoms with Crippen LogP contribution in [0, 0.1) is 6.92 Å². The predicted molar refractivity (Wildman–Crippen MR) is 69.6 cm³/mol. The molecule has 1 aliphatic rings. The van der Waals surface area contributed by atoms with E-state index < -0.39 is 0 Å². The lowest BCUT2D eigenvalue weighted by Crippen LogP contribution is -2.26. The molecular formula is C12H18N2S. The molecule has 15 heavy (non-hydrogen) atoms. The molecule has 1 aliphatic heterocycles. The molecule has 1 fully saturated rings. The molecule has 0 saturated carbocycles. The Morgan fingerprint density at radius 2 is 2.33 bits per heavy atom. The molecule has 0 aromatic heterocycles. The lowest BCUT2D eigenvalue weighted by Gasteiger charge is -2.24. The van der Waals surface area contributed by atoms with Crippen LogP contribution in [0.1, 0.15) is 18.4 Å². The van der Waals surface area contributed by atoms with Crippen LogP contribution in [0.2, 0.25) is 0 Å². The largest absolute Gasteiger partial charge is 0.398 e. The molecule has 3 heteroatoms. The first-order valence-corrected chi connectivity index (χ1v) is 6.62.